The van der Waals surface area contributed by atoms with Crippen molar-refractivity contribution in [2.45, 2.75) is 51.0 Å². The lowest BCUT2D eigenvalue weighted by Gasteiger charge is -2.15. The summed E-state index contributed by atoms with van der Waals surface area (Å²) >= 11 is 0. The highest BCUT2D eigenvalue weighted by atomic mass is 35.7. The van der Waals surface area contributed by atoms with E-state index in [1.54, 1.807) is 4.57 Å². The number of halogens is 1. The van der Waals surface area contributed by atoms with Crippen molar-refractivity contribution in [1.29, 1.82) is 0 Å². The van der Waals surface area contributed by atoms with E-state index in [0.717, 1.165) is 25.7 Å². The second-order valence-corrected chi connectivity index (χ2v) is 8.28. The first kappa shape index (κ1) is 16.4. The molecule has 7 heteroatoms. The Kier molecular flexibility index (Phi) is 4.68. The van der Waals surface area contributed by atoms with Gasteiger partial charge in [0.15, 0.2) is 0 Å². The van der Waals surface area contributed by atoms with E-state index < -0.39 is 9.05 Å². The second kappa shape index (κ2) is 6.01. The van der Waals surface area contributed by atoms with Crippen LogP contribution in [-0.2, 0) is 15.6 Å². The van der Waals surface area contributed by atoms with Crippen LogP contribution in [0.2, 0.25) is 0 Å². The minimum Gasteiger partial charge on any atom is -0.350 e. The van der Waals surface area contributed by atoms with Crippen molar-refractivity contribution in [3.8, 4) is 0 Å². The number of hydrogen-bond donors (Lipinski definition) is 1. The number of nitrogens with one attached hydrogen (secondary N) is 1. The summed E-state index contributed by atoms with van der Waals surface area (Å²) in [5, 5.41) is 2.93. The molecular weight excluding hydrogens is 312 g/mol. The van der Waals surface area contributed by atoms with Gasteiger partial charge in [0.2, 0.25) is 0 Å². The summed E-state index contributed by atoms with van der Waals surface area (Å²) in [6, 6.07) is 1.33. The molecule has 1 fully saturated rings. The molecule has 1 aromatic heterocycles. The second-order valence-electron chi connectivity index (χ2n) is 5.72. The number of hydrogen-bond acceptors (Lipinski definition) is 3. The Morgan fingerprint density at radius 3 is 2.57 bits per heavy atom. The number of amides is 1. The van der Waals surface area contributed by atoms with Crippen LogP contribution in [0.1, 0.15) is 50.0 Å². The molecule has 1 aliphatic rings. The van der Waals surface area contributed by atoms with Crippen LogP contribution in [0.15, 0.2) is 17.2 Å². The van der Waals surface area contributed by atoms with E-state index in [-0.39, 0.29) is 16.2 Å². The van der Waals surface area contributed by atoms with Crippen LogP contribution in [0.5, 0.6) is 0 Å². The lowest BCUT2D eigenvalue weighted by Crippen LogP contribution is -2.31. The average molecular weight is 333 g/mol. The first-order valence-corrected chi connectivity index (χ1v) is 9.55. The summed E-state index contributed by atoms with van der Waals surface area (Å²) in [6.07, 6.45) is 5.92. The average Bonchev–Trinajstić information content (AvgIpc) is 3.02. The lowest BCUT2D eigenvalue weighted by atomic mass is 10.0. The first-order valence-electron chi connectivity index (χ1n) is 7.24. The van der Waals surface area contributed by atoms with Gasteiger partial charge in [-0.05, 0) is 37.7 Å². The van der Waals surface area contributed by atoms with Gasteiger partial charge in [-0.25, -0.2) is 8.42 Å². The van der Waals surface area contributed by atoms with Crippen LogP contribution in [0.25, 0.3) is 0 Å². The molecule has 0 spiro atoms. The molecule has 0 unspecified atom stereocenters. The number of aryl methyl sites for hydroxylation is 1. The highest BCUT2D eigenvalue weighted by molar-refractivity contribution is 8.13. The summed E-state index contributed by atoms with van der Waals surface area (Å²) in [5.41, 5.74) is 0.596. The molecule has 0 radical (unpaired) electrons. The monoisotopic (exact) mass is 332 g/mol. The maximum absolute atomic E-state index is 12.3. The van der Waals surface area contributed by atoms with Crippen molar-refractivity contribution >= 4 is 25.6 Å². The van der Waals surface area contributed by atoms with Gasteiger partial charge >= 0.3 is 0 Å². The normalized spacial score (nSPS) is 16.7. The van der Waals surface area contributed by atoms with E-state index in [9.17, 15) is 13.2 Å². The highest BCUT2D eigenvalue weighted by Crippen LogP contribution is 2.48. The Labute approximate surface area is 130 Å². The van der Waals surface area contributed by atoms with E-state index in [0.29, 0.717) is 18.8 Å². The quantitative estimate of drug-likeness (QED) is 0.781. The molecule has 2 rings (SSSR count). The molecule has 0 atom stereocenters. The molecule has 5 nitrogen and oxygen atoms in total. The van der Waals surface area contributed by atoms with E-state index in [1.165, 1.54) is 12.3 Å². The Hall–Kier alpha value is -1.01. The number of rotatable bonds is 7. The third kappa shape index (κ3) is 3.80. The number of aromatic nitrogens is 1. The van der Waals surface area contributed by atoms with Gasteiger partial charge in [-0.2, -0.15) is 0 Å². The van der Waals surface area contributed by atoms with Crippen molar-refractivity contribution in [3.05, 3.63) is 18.0 Å². The van der Waals surface area contributed by atoms with Crippen LogP contribution >= 0.6 is 10.7 Å². The molecule has 0 saturated heterocycles. The summed E-state index contributed by atoms with van der Waals surface area (Å²) in [6.45, 7) is 5.15. The Balaban J connectivity index is 2.10. The lowest BCUT2D eigenvalue weighted by molar-refractivity contribution is 0.0934. The predicted octanol–water partition coefficient (Wildman–Crippen LogP) is 2.75. The largest absolute Gasteiger partial charge is 0.350 e. The summed E-state index contributed by atoms with van der Waals surface area (Å²) < 4.78 is 24.3. The summed E-state index contributed by atoms with van der Waals surface area (Å²) in [7, 11) is 1.52. The molecule has 1 N–H and O–H groups in total. The maximum Gasteiger partial charge on any atom is 0.267 e. The number of nitrogens with zero attached hydrogens (tertiary/aromatic N) is 1. The third-order valence-electron chi connectivity index (χ3n) is 4.09. The molecule has 1 heterocycles. The molecule has 118 valence electrons. The van der Waals surface area contributed by atoms with Gasteiger partial charge in [-0.3, -0.25) is 4.79 Å². The molecular formula is C14H21ClN2O3S. The topological polar surface area (TPSA) is 68.2 Å². The van der Waals surface area contributed by atoms with Crippen molar-refractivity contribution in [2.75, 3.05) is 6.54 Å². The van der Waals surface area contributed by atoms with Crippen LogP contribution in [0.4, 0.5) is 0 Å². The minimum absolute atomic E-state index is 0.0362. The van der Waals surface area contributed by atoms with Gasteiger partial charge in [0.1, 0.15) is 10.6 Å². The van der Waals surface area contributed by atoms with Crippen LogP contribution in [0.3, 0.4) is 0 Å². The number of carbonyl (C=O) groups is 1. The van der Waals surface area contributed by atoms with Gasteiger partial charge < -0.3 is 9.88 Å². The van der Waals surface area contributed by atoms with Crippen molar-refractivity contribution in [3.63, 3.8) is 0 Å². The van der Waals surface area contributed by atoms with Gasteiger partial charge in [-0.15, -0.1) is 0 Å². The molecule has 0 bridgehead atoms. The molecule has 1 amide bonds. The fraction of sp³-hybridized carbons (Fsp3) is 0.643. The smallest absolute Gasteiger partial charge is 0.267 e. The molecule has 1 saturated carbocycles. The van der Waals surface area contributed by atoms with E-state index in [2.05, 4.69) is 12.2 Å². The van der Waals surface area contributed by atoms with Crippen molar-refractivity contribution in [1.82, 2.24) is 9.88 Å². The van der Waals surface area contributed by atoms with Gasteiger partial charge in [0.25, 0.3) is 15.0 Å². The minimum atomic E-state index is -3.82. The van der Waals surface area contributed by atoms with Crippen molar-refractivity contribution < 1.29 is 13.2 Å². The summed E-state index contributed by atoms with van der Waals surface area (Å²) in [4.78, 5) is 12.2. The van der Waals surface area contributed by atoms with Crippen LogP contribution < -0.4 is 5.32 Å². The first-order chi connectivity index (χ1) is 9.81. The Morgan fingerprint density at radius 2 is 2.10 bits per heavy atom. The van der Waals surface area contributed by atoms with Gasteiger partial charge in [0.05, 0.1) is 0 Å². The summed E-state index contributed by atoms with van der Waals surface area (Å²) in [5.74, 6) is -0.245. The molecule has 0 aromatic carbocycles. The molecule has 21 heavy (non-hydrogen) atoms. The zero-order valence-electron chi connectivity index (χ0n) is 12.4. The molecule has 1 aromatic rings. The van der Waals surface area contributed by atoms with Gasteiger partial charge in [-0.1, -0.05) is 13.3 Å². The zero-order valence-corrected chi connectivity index (χ0v) is 13.9. The van der Waals surface area contributed by atoms with Crippen molar-refractivity contribution in [2.24, 2.45) is 5.41 Å². The van der Waals surface area contributed by atoms with Gasteiger partial charge in [0, 0.05) is 30.0 Å². The van der Waals surface area contributed by atoms with E-state index >= 15 is 0 Å². The number of carbonyl (C=O) groups excluding carboxylic acids is 1. The third-order valence-corrected chi connectivity index (χ3v) is 5.41. The standard InChI is InChI=1S/C14H21ClN2O3S/c1-3-5-14(6-7-14)10-16-13(18)12-8-11(21(15,19)20)9-17(12)4-2/h8-9H,3-7,10H2,1-2H3,(H,16,18). The molecule has 0 aliphatic heterocycles. The Bertz CT molecular complexity index is 633. The zero-order chi connectivity index (χ0) is 15.7. The SMILES string of the molecule is CCCC1(CNC(=O)c2cc(S(=O)(=O)Cl)cn2CC)CC1. The fourth-order valence-corrected chi connectivity index (χ4v) is 3.41. The molecule has 1 aliphatic carbocycles. The van der Waals surface area contributed by atoms with Crippen LogP contribution in [-0.4, -0.2) is 25.4 Å². The van der Waals surface area contributed by atoms with E-state index in [1.807, 2.05) is 6.92 Å². The van der Waals surface area contributed by atoms with E-state index in [4.69, 9.17) is 10.7 Å². The van der Waals surface area contributed by atoms with Crippen LogP contribution in [0, 0.1) is 5.41 Å². The highest BCUT2D eigenvalue weighted by Gasteiger charge is 2.41. The predicted molar refractivity (Wildman–Crippen MR) is 82.1 cm³/mol. The fourth-order valence-electron chi connectivity index (χ4n) is 2.65. The Morgan fingerprint density at radius 1 is 1.43 bits per heavy atom. The maximum atomic E-state index is 12.3.